The summed E-state index contributed by atoms with van der Waals surface area (Å²) in [5.41, 5.74) is 0.776. The van der Waals surface area contributed by atoms with E-state index in [4.69, 9.17) is 4.74 Å². The molecule has 0 saturated carbocycles. The summed E-state index contributed by atoms with van der Waals surface area (Å²) in [6.07, 6.45) is 3.93. The second-order valence-electron chi connectivity index (χ2n) is 6.48. The van der Waals surface area contributed by atoms with Gasteiger partial charge < -0.3 is 15.4 Å². The van der Waals surface area contributed by atoms with Crippen LogP contribution >= 0.6 is 12.4 Å². The zero-order chi connectivity index (χ0) is 15.8. The molecule has 1 aliphatic rings. The quantitative estimate of drug-likeness (QED) is 0.792. The van der Waals surface area contributed by atoms with Crippen molar-refractivity contribution in [3.8, 4) is 5.75 Å². The minimum absolute atomic E-state index is 0. The van der Waals surface area contributed by atoms with E-state index < -0.39 is 0 Å². The van der Waals surface area contributed by atoms with Crippen molar-refractivity contribution in [1.82, 2.24) is 5.32 Å². The average molecular weight is 341 g/mol. The van der Waals surface area contributed by atoms with Gasteiger partial charge in [-0.15, -0.1) is 12.4 Å². The third-order valence-electron chi connectivity index (χ3n) is 3.97. The molecular weight excluding hydrogens is 312 g/mol. The molecular formula is C18H29ClN2O2. The van der Waals surface area contributed by atoms with Crippen LogP contribution in [0.3, 0.4) is 0 Å². The van der Waals surface area contributed by atoms with Crippen LogP contribution in [0.25, 0.3) is 0 Å². The lowest BCUT2D eigenvalue weighted by Gasteiger charge is -2.22. The highest BCUT2D eigenvalue weighted by Gasteiger charge is 2.15. The Hall–Kier alpha value is -1.26. The minimum atomic E-state index is 0. The highest BCUT2D eigenvalue weighted by molar-refractivity contribution is 5.92. The molecule has 0 aliphatic carbocycles. The summed E-state index contributed by atoms with van der Waals surface area (Å²) in [6, 6.07) is 7.66. The van der Waals surface area contributed by atoms with Gasteiger partial charge in [-0.2, -0.15) is 0 Å². The summed E-state index contributed by atoms with van der Waals surface area (Å²) in [5.74, 6) is 1.98. The lowest BCUT2D eigenvalue weighted by molar-refractivity contribution is -0.116. The van der Waals surface area contributed by atoms with Crippen molar-refractivity contribution in [2.45, 2.75) is 39.5 Å². The first kappa shape index (κ1) is 19.8. The Morgan fingerprint density at radius 2 is 2.00 bits per heavy atom. The van der Waals surface area contributed by atoms with Gasteiger partial charge in [0, 0.05) is 6.42 Å². The largest absolute Gasteiger partial charge is 0.491 e. The number of hydrogen-bond donors (Lipinski definition) is 2. The molecule has 0 aromatic heterocycles. The van der Waals surface area contributed by atoms with Gasteiger partial charge in [0.25, 0.3) is 0 Å². The minimum Gasteiger partial charge on any atom is -0.491 e. The van der Waals surface area contributed by atoms with E-state index in [1.807, 2.05) is 24.3 Å². The number of para-hydroxylation sites is 2. The summed E-state index contributed by atoms with van der Waals surface area (Å²) < 4.78 is 5.77. The van der Waals surface area contributed by atoms with Crippen molar-refractivity contribution in [2.75, 3.05) is 25.0 Å². The van der Waals surface area contributed by atoms with Crippen LogP contribution in [0.4, 0.5) is 5.69 Å². The molecule has 4 nitrogen and oxygen atoms in total. The third kappa shape index (κ3) is 7.23. The van der Waals surface area contributed by atoms with Gasteiger partial charge in [0.15, 0.2) is 0 Å². The molecule has 130 valence electrons. The third-order valence-corrected chi connectivity index (χ3v) is 3.97. The topological polar surface area (TPSA) is 50.4 Å². The number of hydrogen-bond acceptors (Lipinski definition) is 3. The van der Waals surface area contributed by atoms with Crippen LogP contribution in [-0.4, -0.2) is 25.6 Å². The maximum atomic E-state index is 12.2. The van der Waals surface area contributed by atoms with Crippen molar-refractivity contribution >= 4 is 24.0 Å². The fourth-order valence-corrected chi connectivity index (χ4v) is 2.67. The molecule has 1 aliphatic heterocycles. The predicted molar refractivity (Wildman–Crippen MR) is 97.5 cm³/mol. The number of rotatable bonds is 7. The molecule has 1 heterocycles. The van der Waals surface area contributed by atoms with E-state index in [9.17, 15) is 4.79 Å². The Labute approximate surface area is 145 Å². The zero-order valence-corrected chi connectivity index (χ0v) is 15.0. The van der Waals surface area contributed by atoms with Crippen molar-refractivity contribution < 1.29 is 9.53 Å². The number of ether oxygens (including phenoxy) is 1. The number of piperidine rings is 1. The number of carbonyl (C=O) groups is 1. The van der Waals surface area contributed by atoms with Crippen molar-refractivity contribution in [3.05, 3.63) is 24.3 Å². The van der Waals surface area contributed by atoms with Crippen LogP contribution in [0.1, 0.15) is 39.5 Å². The van der Waals surface area contributed by atoms with Gasteiger partial charge in [0.1, 0.15) is 5.75 Å². The van der Waals surface area contributed by atoms with Gasteiger partial charge in [-0.1, -0.05) is 26.0 Å². The first-order valence-electron chi connectivity index (χ1n) is 8.37. The number of nitrogens with one attached hydrogen (secondary N) is 2. The van der Waals surface area contributed by atoms with E-state index in [0.29, 0.717) is 24.9 Å². The summed E-state index contributed by atoms with van der Waals surface area (Å²) in [7, 11) is 0. The number of carbonyl (C=O) groups excluding carboxylic acids is 1. The Bertz CT molecular complexity index is 474. The fraction of sp³-hybridized carbons (Fsp3) is 0.611. The van der Waals surface area contributed by atoms with Gasteiger partial charge >= 0.3 is 0 Å². The Balaban J connectivity index is 0.00000264. The van der Waals surface area contributed by atoms with Crippen LogP contribution in [0, 0.1) is 11.8 Å². The molecule has 0 spiro atoms. The van der Waals surface area contributed by atoms with Gasteiger partial charge in [-0.25, -0.2) is 0 Å². The molecule has 5 heteroatoms. The van der Waals surface area contributed by atoms with Gasteiger partial charge in [0.05, 0.1) is 12.3 Å². The lowest BCUT2D eigenvalue weighted by Crippen LogP contribution is -2.28. The molecule has 1 saturated heterocycles. The summed E-state index contributed by atoms with van der Waals surface area (Å²) in [4.78, 5) is 12.2. The van der Waals surface area contributed by atoms with Crippen molar-refractivity contribution in [3.63, 3.8) is 0 Å². The Kier molecular flexibility index (Phi) is 9.03. The predicted octanol–water partition coefficient (Wildman–Crippen LogP) is 3.86. The smallest absolute Gasteiger partial charge is 0.224 e. The second-order valence-corrected chi connectivity index (χ2v) is 6.48. The van der Waals surface area contributed by atoms with Crippen LogP contribution in [-0.2, 0) is 4.79 Å². The molecule has 1 aromatic carbocycles. The maximum absolute atomic E-state index is 12.2. The van der Waals surface area contributed by atoms with E-state index in [-0.39, 0.29) is 18.3 Å². The normalized spacial score (nSPS) is 15.1. The van der Waals surface area contributed by atoms with E-state index in [2.05, 4.69) is 24.5 Å². The maximum Gasteiger partial charge on any atom is 0.224 e. The SMILES string of the molecule is CC(C)COc1ccccc1NC(=O)CCC1CCNCC1.Cl. The first-order valence-corrected chi connectivity index (χ1v) is 8.37. The molecule has 1 aromatic rings. The lowest BCUT2D eigenvalue weighted by atomic mass is 9.93. The van der Waals surface area contributed by atoms with Gasteiger partial charge in [0.2, 0.25) is 5.91 Å². The highest BCUT2D eigenvalue weighted by atomic mass is 35.5. The molecule has 0 atom stereocenters. The van der Waals surface area contributed by atoms with Gasteiger partial charge in [-0.05, 0) is 56.3 Å². The molecule has 0 radical (unpaired) electrons. The Morgan fingerprint density at radius 3 is 2.70 bits per heavy atom. The molecule has 0 bridgehead atoms. The van der Waals surface area contributed by atoms with E-state index in [0.717, 1.165) is 30.9 Å². The molecule has 23 heavy (non-hydrogen) atoms. The number of benzene rings is 1. The molecule has 0 unspecified atom stereocenters. The second kappa shape index (κ2) is 10.5. The zero-order valence-electron chi connectivity index (χ0n) is 14.1. The van der Waals surface area contributed by atoms with Gasteiger partial charge in [-0.3, -0.25) is 4.79 Å². The summed E-state index contributed by atoms with van der Waals surface area (Å²) in [6.45, 7) is 7.04. The van der Waals surface area contributed by atoms with Crippen LogP contribution < -0.4 is 15.4 Å². The highest BCUT2D eigenvalue weighted by Crippen LogP contribution is 2.25. The van der Waals surface area contributed by atoms with Crippen molar-refractivity contribution in [1.29, 1.82) is 0 Å². The molecule has 1 amide bonds. The summed E-state index contributed by atoms with van der Waals surface area (Å²) >= 11 is 0. The molecule has 2 rings (SSSR count). The number of anilines is 1. The van der Waals surface area contributed by atoms with E-state index in [1.165, 1.54) is 12.8 Å². The molecule has 1 fully saturated rings. The van der Waals surface area contributed by atoms with Crippen LogP contribution in [0.15, 0.2) is 24.3 Å². The summed E-state index contributed by atoms with van der Waals surface area (Å²) in [5, 5.41) is 6.35. The van der Waals surface area contributed by atoms with E-state index >= 15 is 0 Å². The monoisotopic (exact) mass is 340 g/mol. The van der Waals surface area contributed by atoms with Crippen molar-refractivity contribution in [2.24, 2.45) is 11.8 Å². The fourth-order valence-electron chi connectivity index (χ4n) is 2.67. The molecule has 2 N–H and O–H groups in total. The van der Waals surface area contributed by atoms with Crippen LogP contribution in [0.5, 0.6) is 5.75 Å². The standard InChI is InChI=1S/C18H28N2O2.ClH/c1-14(2)13-22-17-6-4-3-5-16(17)20-18(21)8-7-15-9-11-19-12-10-15;/h3-6,14-15,19H,7-13H2,1-2H3,(H,20,21);1H. The van der Waals surface area contributed by atoms with E-state index in [1.54, 1.807) is 0 Å². The number of halogens is 1. The first-order chi connectivity index (χ1) is 10.6. The average Bonchev–Trinajstić information content (AvgIpc) is 2.53. The number of amides is 1. The van der Waals surface area contributed by atoms with Crippen LogP contribution in [0.2, 0.25) is 0 Å². The Morgan fingerprint density at radius 1 is 1.30 bits per heavy atom.